The van der Waals surface area contributed by atoms with Crippen LogP contribution < -0.4 is 22.8 Å². The molecule has 0 saturated heterocycles. The molecule has 5 aromatic heterocycles. The Labute approximate surface area is 687 Å². The molecule has 0 radical (unpaired) electrons. The van der Waals surface area contributed by atoms with Crippen LogP contribution in [0.1, 0.15) is 299 Å². The van der Waals surface area contributed by atoms with E-state index >= 15 is 0 Å². The lowest BCUT2D eigenvalue weighted by atomic mass is 9.71. The molecule has 596 valence electrons. The van der Waals surface area contributed by atoms with Gasteiger partial charge in [-0.1, -0.05) is 235 Å². The van der Waals surface area contributed by atoms with Crippen molar-refractivity contribution in [2.45, 2.75) is 304 Å². The number of pyridine rings is 5. The minimum absolute atomic E-state index is 0.0668. The number of hydrogen-bond acceptors (Lipinski definition) is 0. The summed E-state index contributed by atoms with van der Waals surface area (Å²) in [7, 11) is 10.6. The standard InChI is InChI=1S/C24H36N.C23H34N.2C20H28N.C19H26N/c1-10-23(5,6)20-15-22(19-13-12-17(3)14-18(19)4)25(9)16-21(20)24(7,8)11-2;1-9-22(4,5)19-15-21(18-14-12-11-13-17(18)3)24(8)16-20(19)23(6,7)10-2;2*1-8-20(5,6)18-13-21(7)19(12-16(18)4)17-10-9-14(2)11-15(17)3;1-7-19(4,5)17-13-20(6)18(12-15(17)3)16-11-9-8-10-14(16)2/h12-16H,10-11H2,1-9H3;11-16H,9-10H2,1-8H3;2*9-13H,8H2,1-7H3;8-13H,7H2,1-6H3/q5*+1/i3D3;;2D3;;. The second kappa shape index (κ2) is 37.2. The predicted molar refractivity (Wildman–Crippen MR) is 481 cm³/mol. The molecule has 0 N–H and O–H groups in total. The molecule has 0 spiro atoms. The van der Waals surface area contributed by atoms with Gasteiger partial charge in [-0.05, 0) is 245 Å². The molecule has 0 bridgehead atoms. The summed E-state index contributed by atoms with van der Waals surface area (Å²) >= 11 is 0. The van der Waals surface area contributed by atoms with Crippen LogP contribution in [0.4, 0.5) is 0 Å². The molecule has 0 atom stereocenters. The molecule has 0 saturated carbocycles. The van der Waals surface area contributed by atoms with E-state index in [1.54, 1.807) is 24.3 Å². The molecule has 0 amide bonds. The quantitative estimate of drug-likeness (QED) is 0.0719. The zero-order valence-electron chi connectivity index (χ0n) is 82.3. The number of aryl methyl sites for hydroxylation is 16. The van der Waals surface area contributed by atoms with Gasteiger partial charge < -0.3 is 0 Å². The van der Waals surface area contributed by atoms with Crippen LogP contribution in [0.3, 0.4) is 0 Å². The van der Waals surface area contributed by atoms with Gasteiger partial charge in [-0.15, -0.1) is 0 Å². The van der Waals surface area contributed by atoms with Gasteiger partial charge in [-0.2, -0.15) is 0 Å². The highest BCUT2D eigenvalue weighted by atomic mass is 14.9. The summed E-state index contributed by atoms with van der Waals surface area (Å²) in [6.45, 7) is 63.5. The average molecular weight is 1500 g/mol. The van der Waals surface area contributed by atoms with Crippen LogP contribution in [0, 0.1) is 76.0 Å². The van der Waals surface area contributed by atoms with Gasteiger partial charge in [-0.3, -0.25) is 0 Å². The van der Waals surface area contributed by atoms with Crippen LogP contribution >= 0.6 is 0 Å². The first-order chi connectivity index (χ1) is 54.0. The van der Waals surface area contributed by atoms with Gasteiger partial charge in [0.2, 0.25) is 28.5 Å². The maximum absolute atomic E-state index is 7.67. The van der Waals surface area contributed by atoms with Crippen LogP contribution in [0.2, 0.25) is 0 Å². The number of aromatic nitrogens is 5. The zero-order valence-corrected chi connectivity index (χ0v) is 76.3. The lowest BCUT2D eigenvalue weighted by molar-refractivity contribution is -0.661. The fraction of sp³-hybridized carbons (Fsp3) is 0.481. The minimum Gasteiger partial charge on any atom is -0.201 e. The molecule has 10 aromatic rings. The Hall–Kier alpha value is -8.15. The number of benzene rings is 5. The molecular weight excluding hydrogens is 1340 g/mol. The number of rotatable bonds is 19. The van der Waals surface area contributed by atoms with Crippen molar-refractivity contribution in [3.05, 3.63) is 265 Å². The van der Waals surface area contributed by atoms with Crippen molar-refractivity contribution < 1.29 is 31.1 Å². The molecule has 5 heterocycles. The van der Waals surface area contributed by atoms with Gasteiger partial charge in [0.15, 0.2) is 31.0 Å². The highest BCUT2D eigenvalue weighted by Crippen LogP contribution is 2.42. The summed E-state index contributed by atoms with van der Waals surface area (Å²) in [6.07, 6.45) is 19.3. The van der Waals surface area contributed by atoms with E-state index in [9.17, 15) is 0 Å². The van der Waals surface area contributed by atoms with E-state index in [-0.39, 0.29) is 37.9 Å². The van der Waals surface area contributed by atoms with Crippen LogP contribution in [0.25, 0.3) is 56.3 Å². The fourth-order valence-electron chi connectivity index (χ4n) is 15.3. The van der Waals surface area contributed by atoms with Crippen molar-refractivity contribution in [1.82, 2.24) is 0 Å². The molecular formula is C106H152N5+5. The summed E-state index contributed by atoms with van der Waals surface area (Å²) in [5.74, 6) is 0. The van der Waals surface area contributed by atoms with E-state index in [0.717, 1.165) is 78.6 Å². The van der Waals surface area contributed by atoms with Crippen molar-refractivity contribution in [2.24, 2.45) is 35.2 Å². The summed E-state index contributed by atoms with van der Waals surface area (Å²) < 4.78 is 56.9. The third-order valence-electron chi connectivity index (χ3n) is 25.8. The van der Waals surface area contributed by atoms with Crippen molar-refractivity contribution in [3.8, 4) is 56.3 Å². The maximum atomic E-state index is 7.67. The summed E-state index contributed by atoms with van der Waals surface area (Å²) in [6, 6.07) is 46.5. The zero-order chi connectivity index (χ0) is 88.6. The van der Waals surface area contributed by atoms with Gasteiger partial charge in [0.05, 0.1) is 0 Å². The van der Waals surface area contributed by atoms with E-state index in [1.807, 2.05) is 26.0 Å². The van der Waals surface area contributed by atoms with E-state index in [2.05, 4.69) is 380 Å². The molecule has 5 nitrogen and oxygen atoms in total. The van der Waals surface area contributed by atoms with E-state index in [4.69, 9.17) is 8.22 Å². The van der Waals surface area contributed by atoms with Gasteiger partial charge >= 0.3 is 0 Å². The van der Waals surface area contributed by atoms with Crippen LogP contribution in [-0.4, -0.2) is 0 Å². The summed E-state index contributed by atoms with van der Waals surface area (Å²) in [5.41, 5.74) is 35.5. The summed E-state index contributed by atoms with van der Waals surface area (Å²) in [4.78, 5) is 0. The second-order valence-electron chi connectivity index (χ2n) is 37.0. The highest BCUT2D eigenvalue weighted by Gasteiger charge is 2.36. The first kappa shape index (κ1) is 82.3. The molecule has 10 rings (SSSR count). The lowest BCUT2D eigenvalue weighted by Gasteiger charge is -2.32. The molecule has 5 heteroatoms. The Balaban J connectivity index is 0.000000228. The van der Waals surface area contributed by atoms with Gasteiger partial charge in [0, 0.05) is 94.2 Å². The third kappa shape index (κ3) is 21.8. The predicted octanol–water partition coefficient (Wildman–Crippen LogP) is 26.1. The molecule has 0 aliphatic rings. The molecule has 0 aliphatic heterocycles. The normalized spacial score (nSPS) is 13.1. The fourth-order valence-corrected chi connectivity index (χ4v) is 15.3. The largest absolute Gasteiger partial charge is 0.212 e. The topological polar surface area (TPSA) is 19.4 Å². The smallest absolute Gasteiger partial charge is 0.201 e. The number of nitrogens with zero attached hydrogens (tertiary/aromatic N) is 5. The van der Waals surface area contributed by atoms with Gasteiger partial charge in [0.1, 0.15) is 35.2 Å². The Morgan fingerprint density at radius 1 is 0.225 bits per heavy atom. The Bertz CT molecular complexity index is 5110. The minimum atomic E-state index is -2.07. The first-order valence-electron chi connectivity index (χ1n) is 44.5. The monoisotopic (exact) mass is 1500 g/mol. The molecule has 5 aromatic carbocycles. The lowest BCUT2D eigenvalue weighted by Crippen LogP contribution is -2.37. The second-order valence-corrected chi connectivity index (χ2v) is 37.0. The van der Waals surface area contributed by atoms with Crippen LogP contribution in [-0.2, 0) is 73.1 Å². The van der Waals surface area contributed by atoms with Crippen LogP contribution in [0.15, 0.2) is 164 Å². The molecule has 0 aliphatic carbocycles. The molecule has 0 unspecified atom stereocenters. The van der Waals surface area contributed by atoms with E-state index in [1.165, 1.54) is 112 Å². The average Bonchev–Trinajstić information content (AvgIpc) is 0.763. The van der Waals surface area contributed by atoms with E-state index in [0.29, 0.717) is 11.1 Å². The van der Waals surface area contributed by atoms with E-state index < -0.39 is 13.7 Å². The Morgan fingerprint density at radius 2 is 0.432 bits per heavy atom. The third-order valence-corrected chi connectivity index (χ3v) is 25.8. The Kier molecular flexibility index (Phi) is 27.6. The van der Waals surface area contributed by atoms with Crippen molar-refractivity contribution in [1.29, 1.82) is 0 Å². The van der Waals surface area contributed by atoms with Gasteiger partial charge in [0.25, 0.3) is 0 Å². The summed E-state index contributed by atoms with van der Waals surface area (Å²) in [5, 5.41) is 0. The van der Waals surface area contributed by atoms with Gasteiger partial charge in [-0.25, -0.2) is 22.8 Å². The van der Waals surface area contributed by atoms with Crippen molar-refractivity contribution in [3.63, 3.8) is 0 Å². The first-order valence-corrected chi connectivity index (χ1v) is 41.5. The highest BCUT2D eigenvalue weighted by molar-refractivity contribution is 5.67. The van der Waals surface area contributed by atoms with Crippen LogP contribution in [0.5, 0.6) is 0 Å². The number of hydrogen-bond donors (Lipinski definition) is 0. The molecule has 0 fully saturated rings. The Morgan fingerprint density at radius 3 is 0.676 bits per heavy atom. The van der Waals surface area contributed by atoms with Crippen molar-refractivity contribution in [2.75, 3.05) is 0 Å². The molecule has 111 heavy (non-hydrogen) atoms. The maximum Gasteiger partial charge on any atom is 0.212 e. The SMILES string of the molecule is CCC(C)(C)c1c[n+](C)c(-c2ccc(C)cc2C)cc1C.CCC(C)(C)c1c[n+](C)c(-c2ccccc2C)cc1C.CCC(C)(C)c1cc(-c2ccccc2C)[n+](C)cc1C(C)(C)CC.[2H]C([2H])([2H])c1ccc(-c2cc(C(C)(C)CC)c(C(C)(C)CC)c[n+]2C)c(C)c1.[2H]C([2H])([2H])c1ccc(-c2cc(C)c(C(C)(C)CC)c[n+]2C)c(C)c1. The van der Waals surface area contributed by atoms with Crippen molar-refractivity contribution >= 4 is 0 Å².